The van der Waals surface area contributed by atoms with Crippen LogP contribution in [0.1, 0.15) is 32.6 Å². The van der Waals surface area contributed by atoms with Crippen molar-refractivity contribution in [3.8, 4) is 6.07 Å². The van der Waals surface area contributed by atoms with Gasteiger partial charge in [-0.15, -0.1) is 0 Å². The first kappa shape index (κ1) is 13.9. The van der Waals surface area contributed by atoms with Gasteiger partial charge < -0.3 is 10.2 Å². The van der Waals surface area contributed by atoms with E-state index in [-0.39, 0.29) is 37.0 Å². The Morgan fingerprint density at radius 3 is 2.57 bits per heavy atom. The highest BCUT2D eigenvalue weighted by atomic mass is 16.2. The number of rotatable bonds is 5. The minimum absolute atomic E-state index is 0.0644. The van der Waals surface area contributed by atoms with Gasteiger partial charge in [-0.2, -0.15) is 5.26 Å². The number of amides is 4. The zero-order valence-electron chi connectivity index (χ0n) is 12.0. The van der Waals surface area contributed by atoms with E-state index >= 15 is 0 Å². The van der Waals surface area contributed by atoms with Crippen molar-refractivity contribution in [1.29, 1.82) is 5.26 Å². The summed E-state index contributed by atoms with van der Waals surface area (Å²) in [5.74, 6) is -0.628. The lowest BCUT2D eigenvalue weighted by Gasteiger charge is -2.24. The normalized spacial score (nSPS) is 24.8. The molecule has 7 nitrogen and oxygen atoms in total. The smallest absolute Gasteiger partial charge is 0.327 e. The molecule has 1 aliphatic heterocycles. The Labute approximate surface area is 122 Å². The van der Waals surface area contributed by atoms with Crippen LogP contribution in [0.25, 0.3) is 0 Å². The van der Waals surface area contributed by atoms with Gasteiger partial charge in [0.15, 0.2) is 0 Å². The van der Waals surface area contributed by atoms with Crippen LogP contribution in [0.4, 0.5) is 4.79 Å². The Hall–Kier alpha value is -2.10. The van der Waals surface area contributed by atoms with E-state index in [0.29, 0.717) is 0 Å². The lowest BCUT2D eigenvalue weighted by molar-refractivity contribution is -0.131. The SMILES string of the molecule is CC(C#N)(NC(=O)CN1C(=O)CN(C2CC2)C1=O)C1CC1. The predicted octanol–water partition coefficient (Wildman–Crippen LogP) is 0.221. The monoisotopic (exact) mass is 290 g/mol. The molecule has 3 aliphatic rings. The molecule has 1 unspecified atom stereocenters. The van der Waals surface area contributed by atoms with Crippen LogP contribution in [0.5, 0.6) is 0 Å². The van der Waals surface area contributed by atoms with E-state index in [2.05, 4.69) is 11.4 Å². The molecule has 1 heterocycles. The van der Waals surface area contributed by atoms with Crippen molar-refractivity contribution in [3.63, 3.8) is 0 Å². The van der Waals surface area contributed by atoms with E-state index in [1.54, 1.807) is 6.92 Å². The third-order valence-corrected chi connectivity index (χ3v) is 4.40. The van der Waals surface area contributed by atoms with Crippen molar-refractivity contribution in [2.75, 3.05) is 13.1 Å². The fraction of sp³-hybridized carbons (Fsp3) is 0.714. The molecule has 0 aromatic heterocycles. The fourth-order valence-electron chi connectivity index (χ4n) is 2.74. The Morgan fingerprint density at radius 1 is 1.38 bits per heavy atom. The first-order valence-corrected chi connectivity index (χ1v) is 7.28. The minimum Gasteiger partial charge on any atom is -0.336 e. The molecule has 0 aromatic carbocycles. The Kier molecular flexibility index (Phi) is 3.12. The molecule has 1 atom stereocenters. The van der Waals surface area contributed by atoms with Crippen LogP contribution in [-0.2, 0) is 9.59 Å². The van der Waals surface area contributed by atoms with Crippen molar-refractivity contribution in [1.82, 2.24) is 15.1 Å². The zero-order valence-corrected chi connectivity index (χ0v) is 12.0. The molecular formula is C14H18N4O3. The molecule has 7 heteroatoms. The summed E-state index contributed by atoms with van der Waals surface area (Å²) < 4.78 is 0. The minimum atomic E-state index is -0.904. The first-order valence-electron chi connectivity index (χ1n) is 7.28. The van der Waals surface area contributed by atoms with Crippen LogP contribution in [0.15, 0.2) is 0 Å². The standard InChI is InChI=1S/C14H18N4O3/c1-14(8-15,9-2-3-9)16-11(19)6-18-12(20)7-17(13(18)21)10-4-5-10/h9-10H,2-7H2,1H3,(H,16,19). The van der Waals surface area contributed by atoms with E-state index in [1.165, 1.54) is 4.90 Å². The number of carbonyl (C=O) groups is 3. The second-order valence-electron chi connectivity index (χ2n) is 6.26. The van der Waals surface area contributed by atoms with Gasteiger partial charge in [-0.05, 0) is 38.5 Å². The molecule has 1 N–H and O–H groups in total. The van der Waals surface area contributed by atoms with Crippen molar-refractivity contribution in [2.45, 2.75) is 44.2 Å². The summed E-state index contributed by atoms with van der Waals surface area (Å²) in [5, 5.41) is 11.9. The number of nitriles is 1. The number of hydrogen-bond acceptors (Lipinski definition) is 4. The van der Waals surface area contributed by atoms with Crippen LogP contribution in [0.2, 0.25) is 0 Å². The van der Waals surface area contributed by atoms with Gasteiger partial charge in [0.05, 0.1) is 6.07 Å². The maximum Gasteiger partial charge on any atom is 0.327 e. The average Bonchev–Trinajstić information content (AvgIpc) is 3.32. The van der Waals surface area contributed by atoms with Crippen molar-refractivity contribution in [2.24, 2.45) is 5.92 Å². The highest BCUT2D eigenvalue weighted by Crippen LogP contribution is 2.39. The molecule has 0 aromatic rings. The summed E-state index contributed by atoms with van der Waals surface area (Å²) in [6, 6.07) is 1.90. The van der Waals surface area contributed by atoms with Crippen LogP contribution < -0.4 is 5.32 Å². The predicted molar refractivity (Wildman–Crippen MR) is 71.7 cm³/mol. The first-order chi connectivity index (χ1) is 9.94. The largest absolute Gasteiger partial charge is 0.336 e. The Balaban J connectivity index is 1.61. The van der Waals surface area contributed by atoms with Gasteiger partial charge in [-0.25, -0.2) is 4.79 Å². The summed E-state index contributed by atoms with van der Waals surface area (Å²) in [6.07, 6.45) is 3.68. The quantitative estimate of drug-likeness (QED) is 0.733. The molecule has 3 rings (SSSR count). The number of hydrogen-bond donors (Lipinski definition) is 1. The molecule has 3 fully saturated rings. The highest BCUT2D eigenvalue weighted by Gasteiger charge is 2.46. The van der Waals surface area contributed by atoms with E-state index in [0.717, 1.165) is 30.6 Å². The number of urea groups is 1. The summed E-state index contributed by atoms with van der Waals surface area (Å²) in [7, 11) is 0. The van der Waals surface area contributed by atoms with E-state index < -0.39 is 11.4 Å². The summed E-state index contributed by atoms with van der Waals surface area (Å²) in [5.41, 5.74) is -0.904. The Bertz CT molecular complexity index is 547. The molecule has 0 bridgehead atoms. The average molecular weight is 290 g/mol. The van der Waals surface area contributed by atoms with E-state index in [4.69, 9.17) is 0 Å². The van der Waals surface area contributed by atoms with E-state index in [1.807, 2.05) is 0 Å². The molecule has 2 aliphatic carbocycles. The second-order valence-corrected chi connectivity index (χ2v) is 6.26. The molecule has 112 valence electrons. The third-order valence-electron chi connectivity index (χ3n) is 4.40. The fourth-order valence-corrected chi connectivity index (χ4v) is 2.74. The molecule has 1 saturated heterocycles. The molecule has 4 amide bonds. The molecule has 0 radical (unpaired) electrons. The van der Waals surface area contributed by atoms with Crippen molar-refractivity contribution >= 4 is 17.8 Å². The summed E-state index contributed by atoms with van der Waals surface area (Å²) >= 11 is 0. The van der Waals surface area contributed by atoms with E-state index in [9.17, 15) is 19.6 Å². The van der Waals surface area contributed by atoms with Gasteiger partial charge in [0, 0.05) is 6.04 Å². The van der Waals surface area contributed by atoms with Crippen molar-refractivity contribution in [3.05, 3.63) is 0 Å². The lowest BCUT2D eigenvalue weighted by Crippen LogP contribution is -2.51. The lowest BCUT2D eigenvalue weighted by atomic mass is 9.98. The van der Waals surface area contributed by atoms with Gasteiger partial charge in [-0.1, -0.05) is 0 Å². The number of carbonyl (C=O) groups excluding carboxylic acids is 3. The summed E-state index contributed by atoms with van der Waals surface area (Å²) in [6.45, 7) is 1.45. The molecular weight excluding hydrogens is 272 g/mol. The van der Waals surface area contributed by atoms with Crippen LogP contribution in [-0.4, -0.2) is 52.3 Å². The summed E-state index contributed by atoms with van der Waals surface area (Å²) in [4.78, 5) is 38.5. The maximum absolute atomic E-state index is 12.1. The van der Waals surface area contributed by atoms with Crippen LogP contribution >= 0.6 is 0 Å². The molecule has 0 spiro atoms. The van der Waals surface area contributed by atoms with Gasteiger partial charge >= 0.3 is 6.03 Å². The Morgan fingerprint density at radius 2 is 2.05 bits per heavy atom. The van der Waals surface area contributed by atoms with Gasteiger partial charge in [0.1, 0.15) is 18.6 Å². The number of nitrogens with one attached hydrogen (secondary N) is 1. The number of nitrogens with zero attached hydrogens (tertiary/aromatic N) is 3. The second kappa shape index (κ2) is 4.72. The topological polar surface area (TPSA) is 93.5 Å². The van der Waals surface area contributed by atoms with Crippen LogP contribution in [0, 0.1) is 17.2 Å². The highest BCUT2D eigenvalue weighted by molar-refractivity contribution is 6.04. The van der Waals surface area contributed by atoms with Gasteiger partial charge in [0.2, 0.25) is 5.91 Å². The number of imide groups is 1. The van der Waals surface area contributed by atoms with Gasteiger partial charge in [-0.3, -0.25) is 14.5 Å². The van der Waals surface area contributed by atoms with Crippen molar-refractivity contribution < 1.29 is 14.4 Å². The molecule has 2 saturated carbocycles. The molecule has 21 heavy (non-hydrogen) atoms. The maximum atomic E-state index is 12.1. The van der Waals surface area contributed by atoms with Gasteiger partial charge in [0.25, 0.3) is 5.91 Å². The third kappa shape index (κ3) is 2.58. The zero-order chi connectivity index (χ0) is 15.2. The van der Waals surface area contributed by atoms with Crippen LogP contribution in [0.3, 0.4) is 0 Å².